The zero-order valence-corrected chi connectivity index (χ0v) is 13.3. The molecule has 1 aromatic heterocycles. The predicted octanol–water partition coefficient (Wildman–Crippen LogP) is 2.97. The molecule has 1 fully saturated rings. The lowest BCUT2D eigenvalue weighted by Crippen LogP contribution is -2.50. The molecule has 0 aliphatic heterocycles. The molecule has 5 nitrogen and oxygen atoms in total. The highest BCUT2D eigenvalue weighted by molar-refractivity contribution is 6.31. The van der Waals surface area contributed by atoms with Gasteiger partial charge in [0.25, 0.3) is 0 Å². The molecule has 1 saturated carbocycles. The van der Waals surface area contributed by atoms with Gasteiger partial charge in [0.1, 0.15) is 0 Å². The van der Waals surface area contributed by atoms with Crippen LogP contribution in [-0.4, -0.2) is 22.5 Å². The van der Waals surface area contributed by atoms with Crippen molar-refractivity contribution in [3.05, 3.63) is 16.9 Å². The summed E-state index contributed by atoms with van der Waals surface area (Å²) in [6.07, 6.45) is 7.21. The molecule has 1 aromatic rings. The van der Waals surface area contributed by atoms with Gasteiger partial charge in [-0.3, -0.25) is 10.5 Å². The molecular weight excluding hydrogens is 276 g/mol. The quantitative estimate of drug-likeness (QED) is 0.648. The summed E-state index contributed by atoms with van der Waals surface area (Å²) in [7, 11) is 1.76. The molecule has 1 aliphatic carbocycles. The second kappa shape index (κ2) is 6.43. The van der Waals surface area contributed by atoms with E-state index in [9.17, 15) is 0 Å². The van der Waals surface area contributed by atoms with Crippen LogP contribution in [0.4, 0.5) is 0 Å². The number of nitrogens with zero attached hydrogens (tertiary/aromatic N) is 2. The first-order valence-corrected chi connectivity index (χ1v) is 7.67. The number of rotatable bonds is 5. The third kappa shape index (κ3) is 2.72. The first-order chi connectivity index (χ1) is 9.55. The first kappa shape index (κ1) is 15.8. The molecule has 1 unspecified atom stereocenters. The second-order valence-electron chi connectivity index (χ2n) is 5.85. The van der Waals surface area contributed by atoms with E-state index in [1.54, 1.807) is 13.3 Å². The third-order valence-corrected chi connectivity index (χ3v) is 4.64. The van der Waals surface area contributed by atoms with Crippen LogP contribution in [0.25, 0.3) is 0 Å². The minimum Gasteiger partial charge on any atom is -0.376 e. The van der Waals surface area contributed by atoms with Gasteiger partial charge in [-0.25, -0.2) is 5.43 Å². The van der Waals surface area contributed by atoms with E-state index >= 15 is 0 Å². The maximum Gasteiger partial charge on any atom is 0.0933 e. The third-order valence-electron chi connectivity index (χ3n) is 4.35. The molecule has 0 spiro atoms. The minimum absolute atomic E-state index is 0.148. The smallest absolute Gasteiger partial charge is 0.0933 e. The van der Waals surface area contributed by atoms with E-state index in [0.717, 1.165) is 31.4 Å². The lowest BCUT2D eigenvalue weighted by Gasteiger charge is -2.42. The van der Waals surface area contributed by atoms with Crippen molar-refractivity contribution in [2.24, 2.45) is 5.84 Å². The fourth-order valence-corrected chi connectivity index (χ4v) is 3.51. The molecule has 20 heavy (non-hydrogen) atoms. The number of ether oxygens (including phenoxy) is 1. The van der Waals surface area contributed by atoms with Crippen molar-refractivity contribution in [1.82, 2.24) is 15.2 Å². The van der Waals surface area contributed by atoms with Crippen molar-refractivity contribution in [2.45, 2.75) is 63.6 Å². The maximum absolute atomic E-state index is 6.37. The lowest BCUT2D eigenvalue weighted by molar-refractivity contribution is -0.0709. The van der Waals surface area contributed by atoms with Gasteiger partial charge in [-0.1, -0.05) is 30.9 Å². The van der Waals surface area contributed by atoms with Gasteiger partial charge >= 0.3 is 0 Å². The van der Waals surface area contributed by atoms with E-state index in [1.165, 1.54) is 6.42 Å². The second-order valence-corrected chi connectivity index (χ2v) is 6.25. The molecule has 1 atom stereocenters. The van der Waals surface area contributed by atoms with Crippen LogP contribution in [0.1, 0.15) is 63.7 Å². The molecule has 114 valence electrons. The van der Waals surface area contributed by atoms with Crippen molar-refractivity contribution in [2.75, 3.05) is 7.11 Å². The Morgan fingerprint density at radius 2 is 2.05 bits per heavy atom. The highest BCUT2D eigenvalue weighted by Gasteiger charge is 2.43. The minimum atomic E-state index is -0.302. The van der Waals surface area contributed by atoms with Crippen LogP contribution in [0.3, 0.4) is 0 Å². The Balaban J connectivity index is 2.43. The monoisotopic (exact) mass is 300 g/mol. The molecule has 0 radical (unpaired) electrons. The summed E-state index contributed by atoms with van der Waals surface area (Å²) < 4.78 is 7.84. The van der Waals surface area contributed by atoms with Gasteiger partial charge in [-0.05, 0) is 26.7 Å². The highest BCUT2D eigenvalue weighted by atomic mass is 35.5. The number of hydrazine groups is 1. The first-order valence-electron chi connectivity index (χ1n) is 7.30. The van der Waals surface area contributed by atoms with Gasteiger partial charge < -0.3 is 4.74 Å². The average molecular weight is 301 g/mol. The largest absolute Gasteiger partial charge is 0.376 e. The van der Waals surface area contributed by atoms with Crippen molar-refractivity contribution in [1.29, 1.82) is 0 Å². The molecule has 0 amide bonds. The predicted molar refractivity (Wildman–Crippen MR) is 80.5 cm³/mol. The van der Waals surface area contributed by atoms with Crippen LogP contribution in [0.5, 0.6) is 0 Å². The molecule has 3 N–H and O–H groups in total. The Morgan fingerprint density at radius 1 is 1.40 bits per heavy atom. The molecule has 1 heterocycles. The summed E-state index contributed by atoms with van der Waals surface area (Å²) in [5.41, 5.74) is 3.55. The summed E-state index contributed by atoms with van der Waals surface area (Å²) >= 11 is 6.37. The van der Waals surface area contributed by atoms with Crippen LogP contribution in [0.2, 0.25) is 5.02 Å². The Morgan fingerprint density at radius 3 is 2.55 bits per heavy atom. The number of aromatic nitrogens is 2. The van der Waals surface area contributed by atoms with Gasteiger partial charge in [-0.2, -0.15) is 5.10 Å². The topological polar surface area (TPSA) is 65.1 Å². The fraction of sp³-hybridized carbons (Fsp3) is 0.786. The normalized spacial score (nSPS) is 20.3. The molecule has 1 aliphatic rings. The van der Waals surface area contributed by atoms with Gasteiger partial charge in [-0.15, -0.1) is 0 Å². The van der Waals surface area contributed by atoms with E-state index in [4.69, 9.17) is 22.2 Å². The van der Waals surface area contributed by atoms with Crippen LogP contribution >= 0.6 is 11.6 Å². The molecule has 0 bridgehead atoms. The van der Waals surface area contributed by atoms with Gasteiger partial charge in [0.2, 0.25) is 0 Å². The van der Waals surface area contributed by atoms with E-state index in [1.807, 2.05) is 4.68 Å². The number of hydrogen-bond acceptors (Lipinski definition) is 4. The number of hydrogen-bond donors (Lipinski definition) is 2. The lowest BCUT2D eigenvalue weighted by atomic mass is 9.78. The average Bonchev–Trinajstić information content (AvgIpc) is 2.83. The molecule has 0 aromatic carbocycles. The van der Waals surface area contributed by atoms with E-state index in [0.29, 0.717) is 5.02 Å². The number of nitrogens with two attached hydrogens (primary N) is 1. The molecular formula is C14H25ClN4O. The van der Waals surface area contributed by atoms with Crippen molar-refractivity contribution < 1.29 is 4.74 Å². The zero-order chi connectivity index (χ0) is 14.8. The summed E-state index contributed by atoms with van der Waals surface area (Å²) in [5.74, 6) is 5.86. The van der Waals surface area contributed by atoms with Gasteiger partial charge in [0.15, 0.2) is 0 Å². The summed E-state index contributed by atoms with van der Waals surface area (Å²) in [4.78, 5) is 0. The van der Waals surface area contributed by atoms with Gasteiger partial charge in [0, 0.05) is 13.2 Å². The Labute approximate surface area is 125 Å². The highest BCUT2D eigenvalue weighted by Crippen LogP contribution is 2.42. The standard InChI is InChI=1S/C14H25ClN4O/c1-10(2)19-12(11(15)9-17-19)13(18-16)14(20-3)7-5-4-6-8-14/h9-10,13,18H,4-8,16H2,1-3H3. The van der Waals surface area contributed by atoms with Crippen LogP contribution in [0.15, 0.2) is 6.20 Å². The van der Waals surface area contributed by atoms with Crippen molar-refractivity contribution >= 4 is 11.6 Å². The summed E-state index contributed by atoms with van der Waals surface area (Å²) in [6, 6.07) is 0.0797. The Kier molecular flexibility index (Phi) is 5.07. The summed E-state index contributed by atoms with van der Waals surface area (Å²) in [6.45, 7) is 4.17. The SMILES string of the molecule is COC1(C(NN)c2c(Cl)cnn2C(C)C)CCCCC1. The molecule has 2 rings (SSSR count). The van der Waals surface area contributed by atoms with Crippen LogP contribution in [0, 0.1) is 0 Å². The fourth-order valence-electron chi connectivity index (χ4n) is 3.27. The van der Waals surface area contributed by atoms with E-state index in [2.05, 4.69) is 24.4 Å². The van der Waals surface area contributed by atoms with E-state index < -0.39 is 0 Å². The molecule has 6 heteroatoms. The van der Waals surface area contributed by atoms with Crippen molar-refractivity contribution in [3.8, 4) is 0 Å². The Hall–Kier alpha value is -0.620. The maximum atomic E-state index is 6.37. The van der Waals surface area contributed by atoms with Crippen LogP contribution in [-0.2, 0) is 4.74 Å². The zero-order valence-electron chi connectivity index (χ0n) is 12.5. The number of methoxy groups -OCH3 is 1. The van der Waals surface area contributed by atoms with Crippen molar-refractivity contribution in [3.63, 3.8) is 0 Å². The number of halogens is 1. The Bertz CT molecular complexity index is 440. The van der Waals surface area contributed by atoms with E-state index in [-0.39, 0.29) is 17.7 Å². The van der Waals surface area contributed by atoms with Gasteiger partial charge in [0.05, 0.1) is 28.6 Å². The summed E-state index contributed by atoms with van der Waals surface area (Å²) in [5, 5.41) is 5.02. The number of nitrogens with one attached hydrogen (secondary N) is 1. The van der Waals surface area contributed by atoms with Crippen LogP contribution < -0.4 is 11.3 Å². The molecule has 0 saturated heterocycles.